The smallest absolute Gasteiger partial charge is 0.0491 e. The molecule has 0 amide bonds. The molecule has 2 aromatic rings. The Morgan fingerprint density at radius 3 is 0.894 bits per heavy atom. The predicted molar refractivity (Wildman–Crippen MR) is 460 cm³/mol. The second-order valence-electron chi connectivity index (χ2n) is 24.5. The summed E-state index contributed by atoms with van der Waals surface area (Å²) < 4.78 is 0. The largest absolute Gasteiger partial charge is 0.0789 e. The van der Waals surface area contributed by atoms with Gasteiger partial charge in [0.1, 0.15) is 0 Å². The normalized spacial score (nSPS) is 12.9. The van der Waals surface area contributed by atoms with Crippen molar-refractivity contribution in [3.05, 3.63) is 71.3 Å². The van der Waals surface area contributed by atoms with Crippen molar-refractivity contribution < 1.29 is 0 Å². The van der Waals surface area contributed by atoms with E-state index in [1.165, 1.54) is 26.7 Å². The van der Waals surface area contributed by atoms with E-state index < -0.39 is 204 Å². The molecule has 0 aliphatic heterocycles. The number of rotatable bonds is 37. The monoisotopic (exact) mass is 976 g/mol. The Morgan fingerprint density at radius 1 is 0.282 bits per heavy atom. The average molecular weight is 963 g/mol. The summed E-state index contributed by atoms with van der Waals surface area (Å²) in [6, 6.07) is 18.7. The van der Waals surface area contributed by atoms with Crippen LogP contribution in [-0.4, -0.2) is 467 Å². The molecule has 1 fully saturated rings. The Morgan fingerprint density at radius 2 is 0.576 bits per heavy atom. The van der Waals surface area contributed by atoms with Gasteiger partial charge in [-0.2, -0.15) is 0 Å². The lowest BCUT2D eigenvalue weighted by atomic mass is 8.23. The molecule has 0 saturated heterocycles. The fraction of sp³-hybridized carbons (Fsp3) is 0.368. The summed E-state index contributed by atoms with van der Waals surface area (Å²) in [5.74, 6) is -0.571. The molecule has 85 heavy (non-hydrogen) atoms. The molecule has 0 nitrogen and oxygen atoms in total. The molecule has 0 aromatic heterocycles. The van der Waals surface area contributed by atoms with Crippen molar-refractivity contribution in [2.45, 2.75) is 43.8 Å². The van der Waals surface area contributed by atoms with Crippen LogP contribution in [0, 0.1) is 0 Å². The number of hydrogen-bond donors (Lipinski definition) is 0. The second-order valence-corrected chi connectivity index (χ2v) is 24.5. The van der Waals surface area contributed by atoms with E-state index in [-0.39, 0.29) is 5.92 Å². The van der Waals surface area contributed by atoms with E-state index in [2.05, 4.69) is 36.4 Å². The summed E-state index contributed by atoms with van der Waals surface area (Å²) in [7, 11) is 227. The molecule has 3 rings (SSSR count). The Balaban J connectivity index is 3.09. The van der Waals surface area contributed by atoms with E-state index in [1.807, 2.05) is 18.2 Å². The van der Waals surface area contributed by atoms with Crippen LogP contribution in [0.5, 0.6) is 0 Å². The molecule has 1 saturated carbocycles. The van der Waals surface area contributed by atoms with Gasteiger partial charge in [0.2, 0.25) is 0 Å². The minimum Gasteiger partial charge on any atom is -0.0789 e. The average Bonchev–Trinajstić information content (AvgIpc) is 0.857. The first-order chi connectivity index (χ1) is 39.7. The zero-order valence-corrected chi connectivity index (χ0v) is 49.5. The molecule has 66 heteroatoms. The van der Waals surface area contributed by atoms with Crippen molar-refractivity contribution in [3.8, 4) is 0 Å². The van der Waals surface area contributed by atoms with Crippen LogP contribution in [0.1, 0.15) is 48.3 Å². The van der Waals surface area contributed by atoms with Gasteiger partial charge in [-0.3, -0.25) is 0 Å². The molecule has 67 radical (unpaired) electrons. The first-order valence-corrected chi connectivity index (χ1v) is 29.4. The molecule has 0 heterocycles. The molecule has 0 unspecified atom stereocenters. The summed E-state index contributed by atoms with van der Waals surface area (Å²) in [6.07, 6.45) is -38.6. The topological polar surface area (TPSA) is 0 Å². The van der Waals surface area contributed by atoms with Crippen molar-refractivity contribution in [3.63, 3.8) is 0 Å². The van der Waals surface area contributed by atoms with Crippen LogP contribution in [0.15, 0.2) is 54.6 Å². The van der Waals surface area contributed by atoms with Crippen molar-refractivity contribution in [1.82, 2.24) is 0 Å². The highest BCUT2D eigenvalue weighted by Gasteiger charge is 2.64. The SMILES string of the molecule is [B][B]B([B])B(B([B])[B])B(B(B([B])[B])B([B])[B])B(B(B(B([B])[B])B([B])[B])B(B([B])[B])B([B][B])B([B])[B])B(B(B(B([B])[B])B([B])[B])B(B([B])[B])B([B])[B])B(B(B([B][B])B([B])[B])B(B([B])[B])B([B])[B])C1CCC(c2ccc(Cc3ccccc3)cc2)CC1. The third-order valence-electron chi connectivity index (χ3n) is 19.0. The van der Waals surface area contributed by atoms with Crippen molar-refractivity contribution in [2.75, 3.05) is 0 Å². The molecule has 0 bridgehead atoms. The van der Waals surface area contributed by atoms with Gasteiger partial charge in [0.05, 0.1) is 0 Å². The lowest BCUT2D eigenvalue weighted by molar-refractivity contribution is 0.442. The molecule has 1 aliphatic carbocycles. The first-order valence-electron chi connectivity index (χ1n) is 29.4. The minimum absolute atomic E-state index is 0.00362. The van der Waals surface area contributed by atoms with Gasteiger partial charge in [0, 0.05) is 467 Å². The fourth-order valence-electron chi connectivity index (χ4n) is 15.6. The standard InChI is InChI=1S/C19H21B66/c20-52-70(51)80(68(47)48)84(78(64(39)40)65(41)42)83(85(79(66(43)44)67(45)46)81(69(49)50)72(54-22)57(25)26)74(82(76(60(31)32)61(33)34)77(62(35)36)63(37)38)55(73(71(53-21)56(23)24)75(58(27)28)59(29)30)19-12-10-18(11-13-19)17-8-6-16(7-9-17)14-15-4-2-1-3-5-15/h1-9,18-19H,10-14H2. The van der Waals surface area contributed by atoms with E-state index in [1.54, 1.807) is 0 Å². The Labute approximate surface area is 576 Å². The third-order valence-corrected chi connectivity index (χ3v) is 19.0. The highest BCUT2D eigenvalue weighted by Crippen LogP contribution is 2.43. The van der Waals surface area contributed by atoms with E-state index >= 15 is 0 Å². The van der Waals surface area contributed by atoms with Crippen LogP contribution in [0.25, 0.3) is 0 Å². The fourth-order valence-corrected chi connectivity index (χ4v) is 15.6. The van der Waals surface area contributed by atoms with Crippen LogP contribution in [-0.2, 0) is 6.42 Å². The van der Waals surface area contributed by atoms with Crippen LogP contribution in [0.2, 0.25) is 5.82 Å². The predicted octanol–water partition coefficient (Wildman–Crippen LogP) is -19.9. The summed E-state index contributed by atoms with van der Waals surface area (Å²) in [5, 5.41) is 0. The van der Waals surface area contributed by atoms with Gasteiger partial charge in [0.25, 0.3) is 0 Å². The maximum atomic E-state index is 7.18. The van der Waals surface area contributed by atoms with Crippen LogP contribution in [0.4, 0.5) is 0 Å². The third kappa shape index (κ3) is 21.9. The lowest BCUT2D eigenvalue weighted by Gasteiger charge is -2.60. The van der Waals surface area contributed by atoms with E-state index in [0.717, 1.165) is 17.5 Å². The van der Waals surface area contributed by atoms with Crippen LogP contribution >= 0.6 is 0 Å². The summed E-state index contributed by atoms with van der Waals surface area (Å²) in [4.78, 5) is 0. The quantitative estimate of drug-likeness (QED) is 0.0592. The van der Waals surface area contributed by atoms with Gasteiger partial charge in [-0.1, -0.05) is 73.3 Å². The molecular formula is C19H21B66. The second kappa shape index (κ2) is 39.1. The van der Waals surface area contributed by atoms with Crippen molar-refractivity contribution in [1.29, 1.82) is 0 Å². The lowest BCUT2D eigenvalue weighted by Crippen LogP contribution is -2.97. The molecule has 0 spiro atoms. The van der Waals surface area contributed by atoms with Gasteiger partial charge in [-0.05, 0) is 41.9 Å². The van der Waals surface area contributed by atoms with E-state index in [0.29, 0.717) is 25.7 Å². The number of benzene rings is 2. The zero-order chi connectivity index (χ0) is 64.8. The molecule has 1 aliphatic rings. The molecule has 2 aromatic carbocycles. The van der Waals surface area contributed by atoms with Gasteiger partial charge < -0.3 is 0 Å². The van der Waals surface area contributed by atoms with Gasteiger partial charge in [-0.15, -0.1) is 0 Å². The Kier molecular flexibility index (Phi) is 37.7. The highest BCUT2D eigenvalue weighted by molar-refractivity contribution is 8.37. The Bertz CT molecular complexity index is 2030. The molecule has 0 N–H and O–H groups in total. The van der Waals surface area contributed by atoms with Crippen molar-refractivity contribution in [2.24, 2.45) is 0 Å². The molecule has 0 atom stereocenters. The van der Waals surface area contributed by atoms with Gasteiger partial charge >= 0.3 is 0 Å². The highest BCUT2D eigenvalue weighted by atomic mass is 14.2. The molecular weight excluding hydrogens is 942 g/mol. The summed E-state index contributed by atoms with van der Waals surface area (Å²) in [5.41, 5.74) is 3.38. The number of hydrogen-bond acceptors (Lipinski definition) is 0. The summed E-state index contributed by atoms with van der Waals surface area (Å²) >= 11 is 0. The van der Waals surface area contributed by atoms with E-state index in [4.69, 9.17) is 248 Å². The Hall–Kier alpha value is 2.73. The van der Waals surface area contributed by atoms with Crippen molar-refractivity contribution >= 4 is 467 Å². The first kappa shape index (κ1) is 82.0. The van der Waals surface area contributed by atoms with Crippen LogP contribution in [0.3, 0.4) is 0 Å². The van der Waals surface area contributed by atoms with Gasteiger partial charge in [0.15, 0.2) is 0 Å². The minimum atomic E-state index is -1.50. The van der Waals surface area contributed by atoms with Gasteiger partial charge in [-0.25, -0.2) is 0 Å². The summed E-state index contributed by atoms with van der Waals surface area (Å²) in [6.45, 7) is -1.09. The molecule has 295 valence electrons. The maximum Gasteiger partial charge on any atom is 0.0491 e. The zero-order valence-electron chi connectivity index (χ0n) is 49.5. The maximum absolute atomic E-state index is 7.18. The van der Waals surface area contributed by atoms with E-state index in [9.17, 15) is 0 Å². The van der Waals surface area contributed by atoms with Crippen LogP contribution < -0.4 is 0 Å².